The summed E-state index contributed by atoms with van der Waals surface area (Å²) in [7, 11) is -3.68. The summed E-state index contributed by atoms with van der Waals surface area (Å²) in [5.74, 6) is 0. The minimum atomic E-state index is -3.68. The van der Waals surface area contributed by atoms with Crippen LogP contribution in [-0.2, 0) is 16.6 Å². The molecule has 0 amide bonds. The zero-order chi connectivity index (χ0) is 14.0. The van der Waals surface area contributed by atoms with Gasteiger partial charge in [0.25, 0.3) is 0 Å². The molecule has 8 heteroatoms. The van der Waals surface area contributed by atoms with Crippen LogP contribution < -0.4 is 4.72 Å². The fourth-order valence-corrected chi connectivity index (χ4v) is 4.62. The molecule has 0 atom stereocenters. The van der Waals surface area contributed by atoms with E-state index in [-0.39, 0.29) is 16.5 Å². The van der Waals surface area contributed by atoms with Crippen LogP contribution in [0, 0.1) is 0 Å². The second kappa shape index (κ2) is 6.11. The van der Waals surface area contributed by atoms with Crippen molar-refractivity contribution in [2.45, 2.75) is 11.4 Å². The maximum absolute atomic E-state index is 12.1. The Hall–Kier alpha value is -0.110. The minimum absolute atomic E-state index is 0.0164. The number of hydrogen-bond acceptors (Lipinski definition) is 3. The summed E-state index contributed by atoms with van der Waals surface area (Å²) in [6, 6.07) is 6.18. The van der Waals surface area contributed by atoms with Gasteiger partial charge in [-0.1, -0.05) is 23.2 Å². The largest absolute Gasteiger partial charge is 0.242 e. The van der Waals surface area contributed by atoms with Crippen LogP contribution in [0.5, 0.6) is 0 Å². The molecule has 0 unspecified atom stereocenters. The SMILES string of the molecule is O=S(=O)(NCc1cc(Br)cs1)c1cc(Cl)ccc1Cl. The smallest absolute Gasteiger partial charge is 0.207 e. The molecule has 0 aliphatic carbocycles. The zero-order valence-corrected chi connectivity index (χ0v) is 14.1. The number of thiophene rings is 1. The molecule has 0 spiro atoms. The Morgan fingerprint density at radius 1 is 1.26 bits per heavy atom. The molecule has 0 radical (unpaired) electrons. The topological polar surface area (TPSA) is 46.2 Å². The third-order valence-corrected chi connectivity index (χ3v) is 6.06. The van der Waals surface area contributed by atoms with E-state index in [9.17, 15) is 8.42 Å². The molecule has 0 fully saturated rings. The van der Waals surface area contributed by atoms with Gasteiger partial charge in [-0.05, 0) is 40.2 Å². The lowest BCUT2D eigenvalue weighted by molar-refractivity contribution is 0.582. The molecular formula is C11H8BrCl2NO2S2. The van der Waals surface area contributed by atoms with E-state index in [1.54, 1.807) is 6.07 Å². The van der Waals surface area contributed by atoms with Crippen molar-refractivity contribution in [1.82, 2.24) is 4.72 Å². The molecular weight excluding hydrogens is 393 g/mol. The molecule has 0 saturated heterocycles. The van der Waals surface area contributed by atoms with Crippen LogP contribution in [0.15, 0.2) is 39.0 Å². The number of sulfonamides is 1. The van der Waals surface area contributed by atoms with Crippen LogP contribution in [0.2, 0.25) is 10.0 Å². The molecule has 1 aromatic heterocycles. The molecule has 102 valence electrons. The second-order valence-electron chi connectivity index (χ2n) is 3.63. The first-order valence-corrected chi connectivity index (χ1v) is 8.97. The van der Waals surface area contributed by atoms with E-state index in [0.717, 1.165) is 9.35 Å². The van der Waals surface area contributed by atoms with Crippen LogP contribution in [0.25, 0.3) is 0 Å². The first kappa shape index (κ1) is 15.3. The Kier molecular flexibility index (Phi) is 4.92. The van der Waals surface area contributed by atoms with Gasteiger partial charge in [0.2, 0.25) is 10.0 Å². The van der Waals surface area contributed by atoms with Crippen molar-refractivity contribution >= 4 is 60.5 Å². The van der Waals surface area contributed by atoms with Gasteiger partial charge < -0.3 is 0 Å². The van der Waals surface area contributed by atoms with Gasteiger partial charge in [-0.2, -0.15) is 0 Å². The van der Waals surface area contributed by atoms with Crippen LogP contribution in [0.4, 0.5) is 0 Å². The molecule has 2 rings (SSSR count). The lowest BCUT2D eigenvalue weighted by Crippen LogP contribution is -2.23. The summed E-state index contributed by atoms with van der Waals surface area (Å²) in [5.41, 5.74) is 0. The Morgan fingerprint density at radius 2 is 2.00 bits per heavy atom. The molecule has 1 heterocycles. The van der Waals surface area contributed by atoms with Gasteiger partial charge in [-0.15, -0.1) is 11.3 Å². The van der Waals surface area contributed by atoms with Crippen molar-refractivity contribution in [3.05, 3.63) is 49.0 Å². The van der Waals surface area contributed by atoms with E-state index in [2.05, 4.69) is 20.7 Å². The van der Waals surface area contributed by atoms with Crippen LogP contribution in [0.3, 0.4) is 0 Å². The molecule has 0 aliphatic rings. The molecule has 1 aromatic carbocycles. The molecule has 0 aliphatic heterocycles. The van der Waals surface area contributed by atoms with E-state index in [0.29, 0.717) is 5.02 Å². The minimum Gasteiger partial charge on any atom is -0.207 e. The number of benzene rings is 1. The maximum Gasteiger partial charge on any atom is 0.242 e. The van der Waals surface area contributed by atoms with E-state index >= 15 is 0 Å². The fourth-order valence-electron chi connectivity index (χ4n) is 1.37. The fraction of sp³-hybridized carbons (Fsp3) is 0.0909. The van der Waals surface area contributed by atoms with Gasteiger partial charge in [0.05, 0.1) is 5.02 Å². The highest BCUT2D eigenvalue weighted by molar-refractivity contribution is 9.10. The summed E-state index contributed by atoms with van der Waals surface area (Å²) in [6.07, 6.45) is 0. The van der Waals surface area contributed by atoms with Crippen molar-refractivity contribution in [3.8, 4) is 0 Å². The Balaban J connectivity index is 2.20. The molecule has 0 bridgehead atoms. The van der Waals surface area contributed by atoms with Crippen molar-refractivity contribution in [1.29, 1.82) is 0 Å². The standard InChI is InChI=1S/C11H8BrCl2NO2S2/c12-7-3-9(18-6-7)5-15-19(16,17)11-4-8(13)1-2-10(11)14/h1-4,6,15H,5H2. The summed E-state index contributed by atoms with van der Waals surface area (Å²) >= 11 is 16.4. The van der Waals surface area contributed by atoms with Crippen LogP contribution >= 0.6 is 50.5 Å². The highest BCUT2D eigenvalue weighted by atomic mass is 79.9. The highest BCUT2D eigenvalue weighted by Gasteiger charge is 2.18. The monoisotopic (exact) mass is 399 g/mol. The quantitative estimate of drug-likeness (QED) is 0.831. The lowest BCUT2D eigenvalue weighted by atomic mass is 10.4. The number of halogens is 3. The third kappa shape index (κ3) is 3.93. The van der Waals surface area contributed by atoms with E-state index in [1.807, 2.05) is 11.4 Å². The molecule has 19 heavy (non-hydrogen) atoms. The maximum atomic E-state index is 12.1. The average molecular weight is 401 g/mol. The van der Waals surface area contributed by atoms with Gasteiger partial charge in [-0.3, -0.25) is 0 Å². The molecule has 2 aromatic rings. The van der Waals surface area contributed by atoms with E-state index < -0.39 is 10.0 Å². The van der Waals surface area contributed by atoms with Gasteiger partial charge in [-0.25, -0.2) is 13.1 Å². The normalized spacial score (nSPS) is 11.7. The Labute approximate surface area is 133 Å². The Bertz CT molecular complexity index is 700. The lowest BCUT2D eigenvalue weighted by Gasteiger charge is -2.07. The molecule has 1 N–H and O–H groups in total. The van der Waals surface area contributed by atoms with Crippen molar-refractivity contribution < 1.29 is 8.42 Å². The summed E-state index contributed by atoms with van der Waals surface area (Å²) in [6.45, 7) is 0.210. The van der Waals surface area contributed by atoms with Crippen molar-refractivity contribution in [2.75, 3.05) is 0 Å². The summed E-state index contributed by atoms with van der Waals surface area (Å²) in [5, 5.41) is 2.35. The van der Waals surface area contributed by atoms with Gasteiger partial charge in [0, 0.05) is 26.3 Å². The summed E-state index contributed by atoms with van der Waals surface area (Å²) in [4.78, 5) is 0.880. The predicted molar refractivity (Wildman–Crippen MR) is 82.5 cm³/mol. The zero-order valence-electron chi connectivity index (χ0n) is 9.36. The van der Waals surface area contributed by atoms with Gasteiger partial charge >= 0.3 is 0 Å². The molecule has 0 saturated carbocycles. The second-order valence-corrected chi connectivity index (χ2v) is 8.12. The average Bonchev–Trinajstić information content (AvgIpc) is 2.76. The van der Waals surface area contributed by atoms with Crippen molar-refractivity contribution in [2.24, 2.45) is 0 Å². The van der Waals surface area contributed by atoms with Gasteiger partial charge in [0.15, 0.2) is 0 Å². The van der Waals surface area contributed by atoms with Crippen LogP contribution in [0.1, 0.15) is 4.88 Å². The Morgan fingerprint density at radius 3 is 2.63 bits per heavy atom. The van der Waals surface area contributed by atoms with Crippen LogP contribution in [-0.4, -0.2) is 8.42 Å². The van der Waals surface area contributed by atoms with Gasteiger partial charge in [0.1, 0.15) is 4.90 Å². The highest BCUT2D eigenvalue weighted by Crippen LogP contribution is 2.25. The predicted octanol–water partition coefficient (Wildman–Crippen LogP) is 4.30. The number of hydrogen-bond donors (Lipinski definition) is 1. The number of rotatable bonds is 4. The van der Waals surface area contributed by atoms with E-state index in [1.165, 1.54) is 23.5 Å². The first-order valence-electron chi connectivity index (χ1n) is 5.06. The van der Waals surface area contributed by atoms with E-state index in [4.69, 9.17) is 23.2 Å². The third-order valence-electron chi connectivity index (χ3n) is 2.24. The number of nitrogens with one attached hydrogen (secondary N) is 1. The first-order chi connectivity index (χ1) is 8.88. The van der Waals surface area contributed by atoms with Crippen molar-refractivity contribution in [3.63, 3.8) is 0 Å². The summed E-state index contributed by atoms with van der Waals surface area (Å²) < 4.78 is 27.7. The molecule has 3 nitrogen and oxygen atoms in total.